The van der Waals surface area contributed by atoms with Gasteiger partial charge < -0.3 is 56.8 Å². The molecule has 0 spiro atoms. The zero-order chi connectivity index (χ0) is 38.1. The summed E-state index contributed by atoms with van der Waals surface area (Å²) >= 11 is 0. The van der Waals surface area contributed by atoms with Gasteiger partial charge in [-0.2, -0.15) is 0 Å². The second-order valence-electron chi connectivity index (χ2n) is 16.0. The molecular weight excluding hydrogens is 688 g/mol. The van der Waals surface area contributed by atoms with Gasteiger partial charge in [-0.3, -0.25) is 4.79 Å². The summed E-state index contributed by atoms with van der Waals surface area (Å²) in [5, 5.41) is 0. The van der Waals surface area contributed by atoms with Crippen LogP contribution in [-0.2, 0) is 61.6 Å². The average molecular weight is 761 g/mol. The summed E-state index contributed by atoms with van der Waals surface area (Å²) in [6.07, 6.45) is 8.52. The maximum absolute atomic E-state index is 12.7. The van der Waals surface area contributed by atoms with E-state index in [9.17, 15) is 4.79 Å². The normalized spacial score (nSPS) is 34.3. The molecule has 4 fully saturated rings. The number of hydrogen-bond acceptors (Lipinski definition) is 13. The third-order valence-electron chi connectivity index (χ3n) is 13.4. The van der Waals surface area contributed by atoms with Crippen LogP contribution < -0.4 is 0 Å². The molecule has 53 heavy (non-hydrogen) atoms. The molecule has 4 saturated carbocycles. The Morgan fingerprint density at radius 2 is 1.25 bits per heavy atom. The van der Waals surface area contributed by atoms with Crippen molar-refractivity contribution < 1.29 is 61.6 Å². The van der Waals surface area contributed by atoms with Gasteiger partial charge in [0.1, 0.15) is 20.4 Å². The van der Waals surface area contributed by atoms with Crippen molar-refractivity contribution in [1.29, 1.82) is 0 Å². The SMILES string of the molecule is COCCOCOC(=O)CC[C@@H](C)[C@H]1CC[C@H]2[C@@H]3[C@H](OCOCCOC)C[C@@H]4C[C@H](OCOCCOC)CC[C@]4(C)[C@H]3C[C@H](OCOCCOC)[C@]12C. The number of rotatable bonds is 27. The van der Waals surface area contributed by atoms with Crippen LogP contribution in [0.15, 0.2) is 0 Å². The summed E-state index contributed by atoms with van der Waals surface area (Å²) in [4.78, 5) is 12.7. The van der Waals surface area contributed by atoms with Crippen LogP contribution in [0.2, 0.25) is 0 Å². The molecule has 0 N–H and O–H groups in total. The number of fused-ring (bicyclic) bond motifs is 5. The summed E-state index contributed by atoms with van der Waals surface area (Å²) in [6.45, 7) is 12.0. The molecule has 310 valence electrons. The Morgan fingerprint density at radius 3 is 1.87 bits per heavy atom. The van der Waals surface area contributed by atoms with Crippen LogP contribution >= 0.6 is 0 Å². The second-order valence-corrected chi connectivity index (χ2v) is 16.0. The van der Waals surface area contributed by atoms with E-state index in [2.05, 4.69) is 20.8 Å². The van der Waals surface area contributed by atoms with Gasteiger partial charge in [-0.15, -0.1) is 0 Å². The maximum Gasteiger partial charge on any atom is 0.307 e. The molecule has 0 aliphatic heterocycles. The van der Waals surface area contributed by atoms with Crippen LogP contribution in [0.25, 0.3) is 0 Å². The van der Waals surface area contributed by atoms with Crippen LogP contribution in [0.3, 0.4) is 0 Å². The minimum absolute atomic E-state index is 0.00437. The second kappa shape index (κ2) is 23.3. The van der Waals surface area contributed by atoms with Crippen LogP contribution in [0, 0.1) is 46.3 Å². The fourth-order valence-corrected chi connectivity index (χ4v) is 10.6. The number of ether oxygens (including phenoxy) is 12. The van der Waals surface area contributed by atoms with Crippen LogP contribution in [0.5, 0.6) is 0 Å². The Morgan fingerprint density at radius 1 is 0.660 bits per heavy atom. The number of hydrogen-bond donors (Lipinski definition) is 0. The molecular formula is C40H72O13. The van der Waals surface area contributed by atoms with Crippen molar-refractivity contribution in [1.82, 2.24) is 0 Å². The minimum atomic E-state index is -0.230. The van der Waals surface area contributed by atoms with Crippen LogP contribution in [0.4, 0.5) is 0 Å². The lowest BCUT2D eigenvalue weighted by Crippen LogP contribution is -2.63. The highest BCUT2D eigenvalue weighted by atomic mass is 16.7. The van der Waals surface area contributed by atoms with Crippen molar-refractivity contribution in [2.45, 2.75) is 96.9 Å². The highest BCUT2D eigenvalue weighted by Gasteiger charge is 2.66. The fraction of sp³-hybridized carbons (Fsp3) is 0.975. The Kier molecular flexibility index (Phi) is 19.7. The molecule has 0 radical (unpaired) electrons. The van der Waals surface area contributed by atoms with Gasteiger partial charge >= 0.3 is 5.97 Å². The molecule has 0 heterocycles. The van der Waals surface area contributed by atoms with Gasteiger partial charge in [-0.05, 0) is 92.3 Å². The zero-order valence-corrected chi connectivity index (χ0v) is 33.9. The number of esters is 1. The molecule has 0 amide bonds. The smallest absolute Gasteiger partial charge is 0.307 e. The Bertz CT molecular complexity index is 1020. The van der Waals surface area contributed by atoms with Crippen molar-refractivity contribution in [2.75, 3.05) is 108 Å². The van der Waals surface area contributed by atoms with Gasteiger partial charge in [0.15, 0.2) is 6.79 Å². The van der Waals surface area contributed by atoms with Crippen molar-refractivity contribution in [2.24, 2.45) is 46.3 Å². The molecule has 0 aromatic heterocycles. The van der Waals surface area contributed by atoms with E-state index in [1.165, 1.54) is 0 Å². The fourth-order valence-electron chi connectivity index (χ4n) is 10.6. The van der Waals surface area contributed by atoms with E-state index in [4.69, 9.17) is 56.8 Å². The first kappa shape index (κ1) is 44.7. The van der Waals surface area contributed by atoms with Gasteiger partial charge in [-0.25, -0.2) is 0 Å². The first-order chi connectivity index (χ1) is 25.7. The van der Waals surface area contributed by atoms with Crippen molar-refractivity contribution in [3.63, 3.8) is 0 Å². The van der Waals surface area contributed by atoms with E-state index in [0.717, 1.165) is 51.4 Å². The lowest BCUT2D eigenvalue weighted by Gasteiger charge is -2.64. The number of carbonyl (C=O) groups excluding carboxylic acids is 1. The third kappa shape index (κ3) is 12.0. The summed E-state index contributed by atoms with van der Waals surface area (Å²) < 4.78 is 68.8. The summed E-state index contributed by atoms with van der Waals surface area (Å²) in [6, 6.07) is 0. The summed E-state index contributed by atoms with van der Waals surface area (Å²) in [7, 11) is 6.66. The lowest BCUT2D eigenvalue weighted by molar-refractivity contribution is -0.253. The maximum atomic E-state index is 12.7. The quantitative estimate of drug-likeness (QED) is 0.0598. The van der Waals surface area contributed by atoms with E-state index in [1.807, 2.05) is 0 Å². The van der Waals surface area contributed by atoms with Crippen LogP contribution in [-0.4, -0.2) is 133 Å². The van der Waals surface area contributed by atoms with Crippen molar-refractivity contribution >= 4 is 5.97 Å². The van der Waals surface area contributed by atoms with E-state index < -0.39 is 0 Å². The molecule has 0 unspecified atom stereocenters. The average Bonchev–Trinajstić information content (AvgIpc) is 3.51. The predicted octanol–water partition coefficient (Wildman–Crippen LogP) is 5.46. The standard InChI is InChI=1S/C40H72O13/c1-29(8-11-37(41)53-28-49-21-17-45-7)32-9-10-33-38-34(24-36(40(32,33)3)52-27-48-20-16-44-6)39(2)13-12-31(50-25-46-18-14-42-4)22-30(39)23-35(38)51-26-47-19-15-43-5/h29-36,38H,8-28H2,1-7H3/t29-,30+,31-,32-,33+,34+,35-,36+,38+,39+,40-/m1/s1. The van der Waals surface area contributed by atoms with E-state index in [-0.39, 0.29) is 62.3 Å². The summed E-state index contributed by atoms with van der Waals surface area (Å²) in [5.74, 6) is 2.04. The van der Waals surface area contributed by atoms with Crippen molar-refractivity contribution in [3.05, 3.63) is 0 Å². The molecule has 0 saturated heterocycles. The first-order valence-electron chi connectivity index (χ1n) is 20.0. The predicted molar refractivity (Wildman–Crippen MR) is 196 cm³/mol. The number of methoxy groups -OCH3 is 4. The Labute approximate surface area is 318 Å². The lowest BCUT2D eigenvalue weighted by atomic mass is 9.43. The zero-order valence-electron chi connectivity index (χ0n) is 33.9. The van der Waals surface area contributed by atoms with E-state index in [1.54, 1.807) is 28.4 Å². The molecule has 0 bridgehead atoms. The molecule has 4 aliphatic rings. The molecule has 0 aromatic carbocycles. The van der Waals surface area contributed by atoms with Gasteiger partial charge in [0.2, 0.25) is 0 Å². The molecule has 13 nitrogen and oxygen atoms in total. The topological polar surface area (TPSA) is 128 Å². The molecule has 13 heteroatoms. The minimum Gasteiger partial charge on any atom is -0.438 e. The summed E-state index contributed by atoms with van der Waals surface area (Å²) in [5.41, 5.74) is -0.00320. The monoisotopic (exact) mass is 760 g/mol. The molecule has 11 atom stereocenters. The Balaban J connectivity index is 1.53. The van der Waals surface area contributed by atoms with Gasteiger partial charge in [0.25, 0.3) is 0 Å². The van der Waals surface area contributed by atoms with Gasteiger partial charge in [-0.1, -0.05) is 20.8 Å². The molecule has 4 aliphatic carbocycles. The van der Waals surface area contributed by atoms with Gasteiger partial charge in [0, 0.05) is 40.3 Å². The highest BCUT2D eigenvalue weighted by molar-refractivity contribution is 5.69. The van der Waals surface area contributed by atoms with Crippen LogP contribution in [0.1, 0.15) is 78.6 Å². The highest BCUT2D eigenvalue weighted by Crippen LogP contribution is 2.69. The third-order valence-corrected chi connectivity index (χ3v) is 13.4. The number of carbonyl (C=O) groups is 1. The van der Waals surface area contributed by atoms with E-state index >= 15 is 0 Å². The Hall–Kier alpha value is -0.970. The van der Waals surface area contributed by atoms with E-state index in [0.29, 0.717) is 94.8 Å². The molecule has 4 rings (SSSR count). The van der Waals surface area contributed by atoms with Crippen molar-refractivity contribution in [3.8, 4) is 0 Å². The molecule has 0 aromatic rings. The largest absolute Gasteiger partial charge is 0.438 e. The first-order valence-corrected chi connectivity index (χ1v) is 20.0. The van der Waals surface area contributed by atoms with Gasteiger partial charge in [0.05, 0.1) is 71.2 Å².